The maximum atomic E-state index is 12.8. The first kappa shape index (κ1) is 24.5. The molecule has 10 heteroatoms. The Morgan fingerprint density at radius 3 is 2.66 bits per heavy atom. The van der Waals surface area contributed by atoms with Crippen molar-refractivity contribution in [1.82, 2.24) is 15.1 Å². The van der Waals surface area contributed by atoms with Gasteiger partial charge in [-0.05, 0) is 37.1 Å². The van der Waals surface area contributed by atoms with Crippen LogP contribution in [0.4, 0.5) is 19.0 Å². The molecule has 35 heavy (non-hydrogen) atoms. The highest BCUT2D eigenvalue weighted by Crippen LogP contribution is 2.28. The number of nitrogens with zero attached hydrogens (tertiary/aromatic N) is 2. The van der Waals surface area contributed by atoms with Crippen molar-refractivity contribution in [3.05, 3.63) is 66.2 Å². The largest absolute Gasteiger partial charge is 0.414 e. The van der Waals surface area contributed by atoms with Gasteiger partial charge in [0.05, 0.1) is 23.9 Å². The van der Waals surface area contributed by atoms with Crippen LogP contribution in [0.1, 0.15) is 25.3 Å². The van der Waals surface area contributed by atoms with Gasteiger partial charge in [-0.15, -0.1) is 5.10 Å². The van der Waals surface area contributed by atoms with Crippen LogP contribution in [0.2, 0.25) is 0 Å². The first-order valence-electron chi connectivity index (χ1n) is 11.2. The molecule has 0 radical (unpaired) electrons. The van der Waals surface area contributed by atoms with Crippen LogP contribution in [-0.2, 0) is 20.9 Å². The number of hydrogen-bond acceptors (Lipinski definition) is 4. The molecule has 2 N–H and O–H groups in total. The predicted octanol–water partition coefficient (Wildman–Crippen LogP) is 4.47. The highest BCUT2D eigenvalue weighted by atomic mass is 19.4. The van der Waals surface area contributed by atoms with E-state index in [1.165, 1.54) is 0 Å². The molecule has 1 saturated heterocycles. The molecule has 184 valence electrons. The molecule has 2 amide bonds. The number of para-hydroxylation sites is 1. The van der Waals surface area contributed by atoms with Crippen LogP contribution in [0.3, 0.4) is 0 Å². The second-order valence-electron chi connectivity index (χ2n) is 8.39. The predicted molar refractivity (Wildman–Crippen MR) is 124 cm³/mol. The molecular formula is C25H25F3N4O3. The summed E-state index contributed by atoms with van der Waals surface area (Å²) in [7, 11) is 0. The van der Waals surface area contributed by atoms with Crippen molar-refractivity contribution < 1.29 is 27.5 Å². The fourth-order valence-corrected chi connectivity index (χ4v) is 3.73. The number of piperidine rings is 1. The molecule has 2 heterocycles. The van der Waals surface area contributed by atoms with Crippen molar-refractivity contribution in [2.24, 2.45) is 5.92 Å². The highest BCUT2D eigenvalue weighted by molar-refractivity contribution is 5.93. The zero-order valence-electron chi connectivity index (χ0n) is 19.0. The van der Waals surface area contributed by atoms with Gasteiger partial charge in [0.15, 0.2) is 11.9 Å². The topological polar surface area (TPSA) is 85.2 Å². The van der Waals surface area contributed by atoms with Gasteiger partial charge >= 0.3 is 6.18 Å². The third-order valence-electron chi connectivity index (χ3n) is 5.78. The van der Waals surface area contributed by atoms with Crippen molar-refractivity contribution in [1.29, 1.82) is 0 Å². The van der Waals surface area contributed by atoms with Crippen molar-refractivity contribution in [3.63, 3.8) is 0 Å². The van der Waals surface area contributed by atoms with Crippen molar-refractivity contribution in [2.75, 3.05) is 11.9 Å². The Morgan fingerprint density at radius 2 is 1.97 bits per heavy atom. The number of anilines is 1. The molecule has 0 saturated carbocycles. The fourth-order valence-electron chi connectivity index (χ4n) is 3.73. The number of alkyl halides is 3. The number of aromatic nitrogens is 2. The molecule has 7 nitrogen and oxygen atoms in total. The summed E-state index contributed by atoms with van der Waals surface area (Å²) >= 11 is 0. The number of benzene rings is 2. The minimum Gasteiger partial charge on any atom is -0.364 e. The second kappa shape index (κ2) is 10.3. The van der Waals surface area contributed by atoms with Crippen molar-refractivity contribution >= 4 is 17.6 Å². The Morgan fingerprint density at radius 1 is 1.20 bits per heavy atom. The van der Waals surface area contributed by atoms with Crippen LogP contribution in [-0.4, -0.2) is 40.4 Å². The number of halogens is 3. The third kappa shape index (κ3) is 6.07. The summed E-state index contributed by atoms with van der Waals surface area (Å²) in [5.74, 6) is -0.331. The normalized spacial score (nSPS) is 17.0. The van der Waals surface area contributed by atoms with E-state index in [1.807, 2.05) is 36.4 Å². The van der Waals surface area contributed by atoms with E-state index in [1.54, 1.807) is 28.9 Å². The number of ether oxygens (including phenoxy) is 1. The maximum Gasteiger partial charge on any atom is 0.414 e. The van der Waals surface area contributed by atoms with Gasteiger partial charge in [0.1, 0.15) is 0 Å². The summed E-state index contributed by atoms with van der Waals surface area (Å²) in [6.07, 6.45) is -5.56. The average Bonchev–Trinajstić information content (AvgIpc) is 3.27. The van der Waals surface area contributed by atoms with Gasteiger partial charge in [-0.3, -0.25) is 9.59 Å². The lowest BCUT2D eigenvalue weighted by molar-refractivity contribution is -0.217. The van der Waals surface area contributed by atoms with E-state index >= 15 is 0 Å². The molecule has 3 aromatic rings. The summed E-state index contributed by atoms with van der Waals surface area (Å²) in [5, 5.41) is 10.1. The first-order valence-corrected chi connectivity index (χ1v) is 11.2. The minimum absolute atomic E-state index is 0.0711. The molecule has 0 spiro atoms. The summed E-state index contributed by atoms with van der Waals surface area (Å²) in [5.41, 5.74) is 2.67. The number of amides is 2. The Hall–Kier alpha value is -3.66. The standard InChI is InChI=1S/C25H25F3N4O3/c1-16(25(26,27)28)35-15-17-6-5-7-18(12-17)21-13-22(31-32(21)20-8-3-2-4-9-20)30-24(34)19-10-11-23(33)29-14-19/h2-9,12-13,16,19H,10-11,14-15H2,1H3,(H,29,33)(H,30,31,34)/t16-,19?/m1/s1. The van der Waals surface area contributed by atoms with E-state index < -0.39 is 12.3 Å². The third-order valence-corrected chi connectivity index (χ3v) is 5.78. The molecule has 1 unspecified atom stereocenters. The quantitative estimate of drug-likeness (QED) is 0.516. The van der Waals surface area contributed by atoms with E-state index in [0.717, 1.165) is 12.6 Å². The van der Waals surface area contributed by atoms with Crippen molar-refractivity contribution in [2.45, 2.75) is 38.7 Å². The summed E-state index contributed by atoms with van der Waals surface area (Å²) < 4.78 is 45.1. The number of hydrogen-bond donors (Lipinski definition) is 2. The van der Waals surface area contributed by atoms with Gasteiger partial charge in [0.2, 0.25) is 11.8 Å². The monoisotopic (exact) mass is 486 g/mol. The smallest absolute Gasteiger partial charge is 0.364 e. The van der Waals surface area contributed by atoms with E-state index in [2.05, 4.69) is 15.7 Å². The number of nitrogens with one attached hydrogen (secondary N) is 2. The van der Waals surface area contributed by atoms with Crippen LogP contribution in [0.15, 0.2) is 60.7 Å². The lowest BCUT2D eigenvalue weighted by Crippen LogP contribution is -2.40. The lowest BCUT2D eigenvalue weighted by Gasteiger charge is -2.20. The van der Waals surface area contributed by atoms with Gasteiger partial charge in [0.25, 0.3) is 0 Å². The zero-order valence-corrected chi connectivity index (χ0v) is 19.0. The molecule has 0 bridgehead atoms. The lowest BCUT2D eigenvalue weighted by atomic mass is 9.98. The van der Waals surface area contributed by atoms with E-state index in [0.29, 0.717) is 35.5 Å². The summed E-state index contributed by atoms with van der Waals surface area (Å²) in [6.45, 7) is 1.04. The van der Waals surface area contributed by atoms with E-state index in [-0.39, 0.29) is 30.9 Å². The molecule has 1 aliphatic rings. The van der Waals surface area contributed by atoms with Gasteiger partial charge in [-0.2, -0.15) is 13.2 Å². The molecule has 1 aromatic heterocycles. The second-order valence-corrected chi connectivity index (χ2v) is 8.39. The van der Waals surface area contributed by atoms with E-state index in [9.17, 15) is 22.8 Å². The molecule has 1 aliphatic heterocycles. The molecular weight excluding hydrogens is 461 g/mol. The van der Waals surface area contributed by atoms with Crippen LogP contribution < -0.4 is 10.6 Å². The minimum atomic E-state index is -4.43. The summed E-state index contributed by atoms with van der Waals surface area (Å²) in [4.78, 5) is 24.1. The molecule has 4 rings (SSSR count). The van der Waals surface area contributed by atoms with Gasteiger partial charge in [0, 0.05) is 24.6 Å². The number of carbonyl (C=O) groups is 2. The SMILES string of the molecule is C[C@@H](OCc1cccc(-c2cc(NC(=O)C3CCC(=O)NC3)nn2-c2ccccc2)c1)C(F)(F)F. The van der Waals surface area contributed by atoms with Crippen molar-refractivity contribution in [3.8, 4) is 16.9 Å². The van der Waals surface area contributed by atoms with Gasteiger partial charge in [-0.1, -0.05) is 36.4 Å². The van der Waals surface area contributed by atoms with Gasteiger partial charge < -0.3 is 15.4 Å². The Kier molecular flexibility index (Phi) is 7.20. The van der Waals surface area contributed by atoms with E-state index in [4.69, 9.17) is 4.74 Å². The Balaban J connectivity index is 1.59. The summed E-state index contributed by atoms with van der Waals surface area (Å²) in [6, 6.07) is 18.0. The molecule has 0 aliphatic carbocycles. The van der Waals surface area contributed by atoms with Crippen LogP contribution in [0, 0.1) is 5.92 Å². The molecule has 2 atom stereocenters. The van der Waals surface area contributed by atoms with Crippen LogP contribution >= 0.6 is 0 Å². The fraction of sp³-hybridized carbons (Fsp3) is 0.320. The Labute approximate surface area is 200 Å². The highest BCUT2D eigenvalue weighted by Gasteiger charge is 2.36. The number of carbonyl (C=O) groups excluding carboxylic acids is 2. The number of rotatable bonds is 7. The van der Waals surface area contributed by atoms with Crippen LogP contribution in [0.25, 0.3) is 16.9 Å². The average molecular weight is 486 g/mol. The maximum absolute atomic E-state index is 12.8. The first-order chi connectivity index (χ1) is 16.7. The molecule has 1 fully saturated rings. The Bertz CT molecular complexity index is 1180. The molecule has 2 aromatic carbocycles. The van der Waals surface area contributed by atoms with Gasteiger partial charge in [-0.25, -0.2) is 4.68 Å². The zero-order chi connectivity index (χ0) is 25.0. The van der Waals surface area contributed by atoms with Crippen LogP contribution in [0.5, 0.6) is 0 Å².